The summed E-state index contributed by atoms with van der Waals surface area (Å²) in [7, 11) is 1.62. The van der Waals surface area contributed by atoms with Crippen molar-refractivity contribution in [2.45, 2.75) is 26.3 Å². The number of ether oxygens (including phenoxy) is 1. The number of methoxy groups -OCH3 is 1. The number of nitrogens with one attached hydrogen (secondary N) is 1. The van der Waals surface area contributed by atoms with Crippen LogP contribution in [-0.4, -0.2) is 24.1 Å². The van der Waals surface area contributed by atoms with E-state index >= 15 is 0 Å². The van der Waals surface area contributed by atoms with Crippen LogP contribution < -0.4 is 10.1 Å². The van der Waals surface area contributed by atoms with E-state index in [1.165, 1.54) is 0 Å². The third-order valence-electron chi connectivity index (χ3n) is 2.86. The Balaban J connectivity index is 2.02. The number of anilines is 1. The average Bonchev–Trinajstić information content (AvgIpc) is 2.78. The summed E-state index contributed by atoms with van der Waals surface area (Å²) in [5.74, 6) is 2.42. The molecule has 1 atom stereocenters. The van der Waals surface area contributed by atoms with Crippen molar-refractivity contribution < 1.29 is 4.74 Å². The molecule has 1 unspecified atom stereocenters. The second-order valence-corrected chi connectivity index (χ2v) is 6.42. The minimum atomic E-state index is 0.432. The molecule has 2 rings (SSSR count). The molecule has 1 aliphatic heterocycles. The van der Waals surface area contributed by atoms with Crippen LogP contribution in [0.5, 0.6) is 5.75 Å². The molecule has 1 N–H and O–H groups in total. The maximum Gasteiger partial charge on any atom is 0.161 e. The third-order valence-corrected chi connectivity index (χ3v) is 4.20. The molecule has 3 nitrogen and oxygen atoms in total. The quantitative estimate of drug-likeness (QED) is 0.901. The van der Waals surface area contributed by atoms with Gasteiger partial charge in [-0.1, -0.05) is 37.2 Å². The van der Waals surface area contributed by atoms with Crippen molar-refractivity contribution in [2.75, 3.05) is 18.2 Å². The molecule has 19 heavy (non-hydrogen) atoms. The van der Waals surface area contributed by atoms with Crippen molar-refractivity contribution in [1.29, 1.82) is 0 Å². The second kappa shape index (κ2) is 6.53. The zero-order chi connectivity index (χ0) is 13.8. The van der Waals surface area contributed by atoms with Gasteiger partial charge in [0.05, 0.1) is 18.2 Å². The van der Waals surface area contributed by atoms with E-state index in [1.807, 2.05) is 18.2 Å². The normalized spacial score (nSPS) is 18.6. The Hall–Kier alpha value is -0.870. The van der Waals surface area contributed by atoms with Crippen LogP contribution >= 0.6 is 23.4 Å². The topological polar surface area (TPSA) is 33.6 Å². The number of hydrogen-bond acceptors (Lipinski definition) is 4. The first-order chi connectivity index (χ1) is 9.08. The first-order valence-electron chi connectivity index (χ1n) is 6.39. The fourth-order valence-corrected chi connectivity index (χ4v) is 3.18. The Kier molecular flexibility index (Phi) is 4.99. The van der Waals surface area contributed by atoms with E-state index in [0.717, 1.165) is 23.0 Å². The molecule has 0 saturated heterocycles. The van der Waals surface area contributed by atoms with Crippen LogP contribution in [-0.2, 0) is 0 Å². The van der Waals surface area contributed by atoms with Crippen LogP contribution in [0.25, 0.3) is 0 Å². The molecule has 104 valence electrons. The SMILES string of the molecule is COc1cc(NC2=NC(CC(C)C)CS2)ccc1Cl. The third kappa shape index (κ3) is 4.05. The number of hydrogen-bond donors (Lipinski definition) is 1. The highest BCUT2D eigenvalue weighted by Gasteiger charge is 2.19. The zero-order valence-corrected chi connectivity index (χ0v) is 13.0. The molecule has 0 spiro atoms. The van der Waals surface area contributed by atoms with Gasteiger partial charge in [-0.3, -0.25) is 4.99 Å². The molecule has 1 aliphatic rings. The Bertz CT molecular complexity index is 477. The van der Waals surface area contributed by atoms with Crippen molar-refractivity contribution in [1.82, 2.24) is 0 Å². The molecule has 0 radical (unpaired) electrons. The van der Waals surface area contributed by atoms with Gasteiger partial charge in [0.2, 0.25) is 0 Å². The zero-order valence-electron chi connectivity index (χ0n) is 11.4. The molecule has 0 bridgehead atoms. The Labute approximate surface area is 123 Å². The van der Waals surface area contributed by atoms with Gasteiger partial charge in [-0.05, 0) is 24.5 Å². The predicted octanol–water partition coefficient (Wildman–Crippen LogP) is 4.28. The molecular weight excluding hydrogens is 280 g/mol. The average molecular weight is 299 g/mol. The minimum Gasteiger partial charge on any atom is -0.495 e. The van der Waals surface area contributed by atoms with E-state index in [1.54, 1.807) is 18.9 Å². The number of aliphatic imine (C=N–C) groups is 1. The lowest BCUT2D eigenvalue weighted by Crippen LogP contribution is -2.08. The molecule has 5 heteroatoms. The van der Waals surface area contributed by atoms with E-state index in [2.05, 4.69) is 19.2 Å². The number of nitrogens with zero attached hydrogens (tertiary/aromatic N) is 1. The number of thioether (sulfide) groups is 1. The first-order valence-corrected chi connectivity index (χ1v) is 7.76. The summed E-state index contributed by atoms with van der Waals surface area (Å²) in [6.45, 7) is 4.46. The summed E-state index contributed by atoms with van der Waals surface area (Å²) in [5.41, 5.74) is 0.956. The summed E-state index contributed by atoms with van der Waals surface area (Å²) in [6.07, 6.45) is 1.14. The van der Waals surface area contributed by atoms with Gasteiger partial charge in [0.25, 0.3) is 0 Å². The molecule has 0 amide bonds. The monoisotopic (exact) mass is 298 g/mol. The summed E-state index contributed by atoms with van der Waals surface area (Å²) < 4.78 is 5.21. The van der Waals surface area contributed by atoms with E-state index in [9.17, 15) is 0 Å². The fourth-order valence-electron chi connectivity index (χ4n) is 2.01. The van der Waals surface area contributed by atoms with Gasteiger partial charge >= 0.3 is 0 Å². The lowest BCUT2D eigenvalue weighted by atomic mass is 10.1. The number of halogens is 1. The molecule has 1 heterocycles. The van der Waals surface area contributed by atoms with Gasteiger partial charge in [-0.25, -0.2) is 0 Å². The van der Waals surface area contributed by atoms with Crippen molar-refractivity contribution in [3.05, 3.63) is 23.2 Å². The van der Waals surface area contributed by atoms with Crippen LogP contribution in [0.15, 0.2) is 23.2 Å². The van der Waals surface area contributed by atoms with Crippen molar-refractivity contribution in [3.8, 4) is 5.75 Å². The first kappa shape index (κ1) is 14.5. The smallest absolute Gasteiger partial charge is 0.161 e. The summed E-state index contributed by atoms with van der Waals surface area (Å²) in [5, 5.41) is 4.92. The Morgan fingerprint density at radius 1 is 1.53 bits per heavy atom. The number of rotatable bonds is 4. The summed E-state index contributed by atoms with van der Waals surface area (Å²) in [6, 6.07) is 6.08. The van der Waals surface area contributed by atoms with E-state index in [4.69, 9.17) is 21.3 Å². The number of benzene rings is 1. The van der Waals surface area contributed by atoms with Crippen molar-refractivity contribution in [2.24, 2.45) is 10.9 Å². The summed E-state index contributed by atoms with van der Waals surface area (Å²) >= 11 is 7.78. The second-order valence-electron chi connectivity index (χ2n) is 5.00. The molecular formula is C14H19ClN2OS. The van der Waals surface area contributed by atoms with Crippen LogP contribution in [0.4, 0.5) is 5.69 Å². The lowest BCUT2D eigenvalue weighted by molar-refractivity contribution is 0.415. The molecule has 1 aromatic rings. The van der Waals surface area contributed by atoms with Gasteiger partial charge in [0.15, 0.2) is 5.17 Å². The minimum absolute atomic E-state index is 0.432. The molecule has 0 saturated carbocycles. The standard InChI is InChI=1S/C14H19ClN2OS/c1-9(2)6-11-8-19-14(17-11)16-10-4-5-12(15)13(7-10)18-3/h4-5,7,9,11H,6,8H2,1-3H3,(H,16,17). The summed E-state index contributed by atoms with van der Waals surface area (Å²) in [4.78, 5) is 4.70. The Morgan fingerprint density at radius 2 is 2.32 bits per heavy atom. The lowest BCUT2D eigenvalue weighted by Gasteiger charge is -2.08. The van der Waals surface area contributed by atoms with Gasteiger partial charge in [-0.15, -0.1) is 0 Å². The van der Waals surface area contributed by atoms with E-state index in [-0.39, 0.29) is 0 Å². The number of amidine groups is 1. The highest BCUT2D eigenvalue weighted by Crippen LogP contribution is 2.29. The van der Waals surface area contributed by atoms with Gasteiger partial charge in [0, 0.05) is 17.5 Å². The molecule has 1 aromatic carbocycles. The van der Waals surface area contributed by atoms with Gasteiger partial charge in [-0.2, -0.15) is 0 Å². The van der Waals surface area contributed by atoms with Crippen LogP contribution in [0, 0.1) is 5.92 Å². The van der Waals surface area contributed by atoms with Gasteiger partial charge in [0.1, 0.15) is 5.75 Å². The van der Waals surface area contributed by atoms with E-state index < -0.39 is 0 Å². The Morgan fingerprint density at radius 3 is 3.00 bits per heavy atom. The molecule has 0 aromatic heterocycles. The molecule has 0 aliphatic carbocycles. The largest absolute Gasteiger partial charge is 0.495 e. The van der Waals surface area contributed by atoms with E-state index in [0.29, 0.717) is 22.7 Å². The van der Waals surface area contributed by atoms with Crippen molar-refractivity contribution in [3.63, 3.8) is 0 Å². The fraction of sp³-hybridized carbons (Fsp3) is 0.500. The maximum atomic E-state index is 6.01. The highest BCUT2D eigenvalue weighted by atomic mass is 35.5. The van der Waals surface area contributed by atoms with Gasteiger partial charge < -0.3 is 10.1 Å². The van der Waals surface area contributed by atoms with Crippen molar-refractivity contribution >= 4 is 34.2 Å². The van der Waals surface area contributed by atoms with Crippen LogP contribution in [0.2, 0.25) is 5.02 Å². The maximum absolute atomic E-state index is 6.01. The van der Waals surface area contributed by atoms with Crippen LogP contribution in [0.3, 0.4) is 0 Å². The molecule has 0 fully saturated rings. The highest BCUT2D eigenvalue weighted by molar-refractivity contribution is 8.14. The predicted molar refractivity (Wildman–Crippen MR) is 84.8 cm³/mol. The van der Waals surface area contributed by atoms with Crippen LogP contribution in [0.1, 0.15) is 20.3 Å².